The quantitative estimate of drug-likeness (QED) is 0.647. The molecule has 0 unspecified atom stereocenters. The Morgan fingerprint density at radius 1 is 0.655 bits per heavy atom. The second-order valence-electron chi connectivity index (χ2n) is 7.97. The molecule has 0 aliphatic carbocycles. The van der Waals surface area contributed by atoms with Gasteiger partial charge in [-0.1, -0.05) is 7.43 Å². The monoisotopic (exact) mass is 398 g/mol. The lowest BCUT2D eigenvalue weighted by atomic mass is 9.71. The Hall–Kier alpha value is -1.59. The molecule has 0 atom stereocenters. The van der Waals surface area contributed by atoms with Crippen LogP contribution in [0, 0.1) is 62.3 Å². The van der Waals surface area contributed by atoms with Crippen molar-refractivity contribution in [3.8, 4) is 0 Å². The first-order valence-electron chi connectivity index (χ1n) is 9.73. The number of fused-ring (bicyclic) bond motifs is 1. The van der Waals surface area contributed by atoms with Crippen molar-refractivity contribution in [3.05, 3.63) is 55.6 Å². The molecule has 0 fully saturated rings. The van der Waals surface area contributed by atoms with Crippen molar-refractivity contribution < 1.29 is 19.7 Å². The molecule has 3 N–H and O–H groups in total. The van der Waals surface area contributed by atoms with Crippen molar-refractivity contribution in [3.63, 3.8) is 0 Å². The third kappa shape index (κ3) is 4.46. The summed E-state index contributed by atoms with van der Waals surface area (Å²) in [5.41, 5.74) is 13.4. The second-order valence-corrected chi connectivity index (χ2v) is 7.97. The summed E-state index contributed by atoms with van der Waals surface area (Å²) in [5, 5.41) is 28.2. The molecule has 0 saturated heterocycles. The van der Waals surface area contributed by atoms with Gasteiger partial charge in [-0.25, -0.2) is 0 Å². The van der Waals surface area contributed by atoms with Crippen LogP contribution in [-0.2, 0) is 11.3 Å². The predicted octanol–water partition coefficient (Wildman–Crippen LogP) is 2.68. The van der Waals surface area contributed by atoms with Crippen LogP contribution in [-0.4, -0.2) is 29.3 Å². The maximum Gasteiger partial charge on any atom is 0.492 e. The zero-order valence-corrected chi connectivity index (χ0v) is 18.6. The van der Waals surface area contributed by atoms with E-state index in [9.17, 15) is 15.1 Å². The first-order valence-corrected chi connectivity index (χ1v) is 9.73. The highest BCUT2D eigenvalue weighted by atomic mass is 16.5. The van der Waals surface area contributed by atoms with Crippen LogP contribution < -0.4 is 10.9 Å². The summed E-state index contributed by atoms with van der Waals surface area (Å²) in [7, 11) is -2.09. The normalized spacial score (nSPS) is 12.2. The van der Waals surface area contributed by atoms with E-state index >= 15 is 0 Å². The van der Waals surface area contributed by atoms with Crippen molar-refractivity contribution >= 4 is 25.2 Å². The third-order valence-electron chi connectivity index (χ3n) is 6.82. The number of hydrogen-bond acceptors (Lipinski definition) is 4. The van der Waals surface area contributed by atoms with E-state index in [2.05, 4.69) is 34.6 Å². The molecule has 1 heterocycles. The molecule has 29 heavy (non-hydrogen) atoms. The predicted molar refractivity (Wildman–Crippen MR) is 124 cm³/mol. The second kappa shape index (κ2) is 9.48. The average molecular weight is 398 g/mol. The molecule has 2 aromatic carbocycles. The van der Waals surface area contributed by atoms with Gasteiger partial charge in [0, 0.05) is 0 Å². The lowest BCUT2D eigenvalue weighted by Crippen LogP contribution is -2.36. The maximum atomic E-state index is 9.68. The van der Waals surface area contributed by atoms with Gasteiger partial charge in [0.15, 0.2) is 0 Å². The third-order valence-corrected chi connectivity index (χ3v) is 6.82. The lowest BCUT2D eigenvalue weighted by molar-refractivity contribution is 0.275. The summed E-state index contributed by atoms with van der Waals surface area (Å²) >= 11 is 0. The Morgan fingerprint density at radius 3 is 1.48 bits per heavy atom. The standard InChI is InChI=1S/C11H15BO2.C11H17BO2.CH4/c1-6-7(2)9(4)11-10(8(6)3)5-14-12(11)13;1-6-7(2)9(4)11(12(13)14)10(5)8(6)3;/h13H,5H2,1-4H3;13-14H,1-5H3;1H4. The van der Waals surface area contributed by atoms with Gasteiger partial charge in [-0.15, -0.1) is 0 Å². The van der Waals surface area contributed by atoms with Gasteiger partial charge < -0.3 is 19.7 Å². The van der Waals surface area contributed by atoms with E-state index in [1.165, 1.54) is 33.4 Å². The van der Waals surface area contributed by atoms with Crippen LogP contribution in [0.15, 0.2) is 0 Å². The van der Waals surface area contributed by atoms with Gasteiger partial charge >= 0.3 is 14.2 Å². The SMILES string of the molecule is C.Cc1c(C)c(C)c(B(O)O)c(C)c1C.Cc1c(C)c(C)c2c(c1C)COB2O. The molecule has 0 radical (unpaired) electrons. The number of rotatable bonds is 1. The highest BCUT2D eigenvalue weighted by Crippen LogP contribution is 2.24. The molecule has 1 aliphatic rings. The van der Waals surface area contributed by atoms with Crippen molar-refractivity contribution in [2.45, 2.75) is 76.3 Å². The van der Waals surface area contributed by atoms with E-state index < -0.39 is 14.2 Å². The Morgan fingerprint density at radius 2 is 1.03 bits per heavy atom. The van der Waals surface area contributed by atoms with Crippen molar-refractivity contribution in [2.75, 3.05) is 0 Å². The molecule has 1 aliphatic heterocycles. The first kappa shape index (κ1) is 25.4. The Bertz CT molecular complexity index is 871. The van der Waals surface area contributed by atoms with E-state index in [0.717, 1.165) is 27.7 Å². The van der Waals surface area contributed by atoms with E-state index in [1.807, 2.05) is 27.7 Å². The minimum Gasteiger partial charge on any atom is -0.423 e. The fourth-order valence-corrected chi connectivity index (χ4v) is 4.10. The zero-order valence-electron chi connectivity index (χ0n) is 18.6. The largest absolute Gasteiger partial charge is 0.492 e. The Kier molecular flexibility index (Phi) is 8.32. The fourth-order valence-electron chi connectivity index (χ4n) is 4.10. The van der Waals surface area contributed by atoms with Gasteiger partial charge in [-0.3, -0.25) is 0 Å². The fraction of sp³-hybridized carbons (Fsp3) is 0.478. The van der Waals surface area contributed by atoms with E-state index in [-0.39, 0.29) is 7.43 Å². The summed E-state index contributed by atoms with van der Waals surface area (Å²) in [6.07, 6.45) is 0. The van der Waals surface area contributed by atoms with Crippen LogP contribution in [0.5, 0.6) is 0 Å². The smallest absolute Gasteiger partial charge is 0.423 e. The minimum atomic E-state index is -1.37. The van der Waals surface area contributed by atoms with Crippen molar-refractivity contribution in [1.82, 2.24) is 0 Å². The topological polar surface area (TPSA) is 69.9 Å². The highest BCUT2D eigenvalue weighted by molar-refractivity contribution is 6.62. The summed E-state index contributed by atoms with van der Waals surface area (Å²) in [4.78, 5) is 0. The van der Waals surface area contributed by atoms with Crippen LogP contribution in [0.1, 0.15) is 63.1 Å². The molecule has 0 saturated carbocycles. The van der Waals surface area contributed by atoms with Crippen LogP contribution in [0.3, 0.4) is 0 Å². The number of hydrogen-bond donors (Lipinski definition) is 3. The van der Waals surface area contributed by atoms with Crippen LogP contribution >= 0.6 is 0 Å². The highest BCUT2D eigenvalue weighted by Gasteiger charge is 2.31. The van der Waals surface area contributed by atoms with Crippen LogP contribution in [0.4, 0.5) is 0 Å². The molecular weight excluding hydrogens is 362 g/mol. The molecule has 158 valence electrons. The van der Waals surface area contributed by atoms with Gasteiger partial charge in [0.1, 0.15) is 0 Å². The molecular formula is C23H36B2O4. The Labute approximate surface area is 177 Å². The molecule has 0 aromatic heterocycles. The van der Waals surface area contributed by atoms with Crippen molar-refractivity contribution in [2.24, 2.45) is 0 Å². The van der Waals surface area contributed by atoms with Gasteiger partial charge in [-0.2, -0.15) is 0 Å². The van der Waals surface area contributed by atoms with Gasteiger partial charge in [0.25, 0.3) is 0 Å². The van der Waals surface area contributed by atoms with E-state index in [0.29, 0.717) is 12.1 Å². The zero-order chi connectivity index (χ0) is 21.5. The van der Waals surface area contributed by atoms with E-state index in [1.54, 1.807) is 0 Å². The summed E-state index contributed by atoms with van der Waals surface area (Å²) in [5.74, 6) is 0. The van der Waals surface area contributed by atoms with Crippen LogP contribution in [0.2, 0.25) is 0 Å². The van der Waals surface area contributed by atoms with Gasteiger partial charge in [0.05, 0.1) is 6.61 Å². The minimum absolute atomic E-state index is 0. The van der Waals surface area contributed by atoms with Gasteiger partial charge in [0.2, 0.25) is 0 Å². The molecule has 2 aromatic rings. The molecule has 4 nitrogen and oxygen atoms in total. The lowest BCUT2D eigenvalue weighted by Gasteiger charge is -2.17. The summed E-state index contributed by atoms with van der Waals surface area (Å²) < 4.78 is 5.25. The molecule has 3 rings (SSSR count). The summed E-state index contributed by atoms with van der Waals surface area (Å²) in [6.45, 7) is 18.9. The number of benzene rings is 2. The summed E-state index contributed by atoms with van der Waals surface area (Å²) in [6, 6.07) is 0. The molecule has 0 spiro atoms. The van der Waals surface area contributed by atoms with Crippen molar-refractivity contribution in [1.29, 1.82) is 0 Å². The molecule has 6 heteroatoms. The molecule has 0 amide bonds. The maximum absolute atomic E-state index is 9.68. The average Bonchev–Trinajstić information content (AvgIpc) is 3.03. The first-order chi connectivity index (χ1) is 12.9. The Balaban J connectivity index is 0.000000280. The van der Waals surface area contributed by atoms with E-state index in [4.69, 9.17) is 4.65 Å². The van der Waals surface area contributed by atoms with Crippen LogP contribution in [0.25, 0.3) is 0 Å². The van der Waals surface area contributed by atoms with Gasteiger partial charge in [-0.05, 0) is 129 Å². The molecule has 0 bridgehead atoms.